The number of nitrogens with one attached hydrogen (secondary N) is 2. The van der Waals surface area contributed by atoms with Crippen LogP contribution in [0.25, 0.3) is 0 Å². The van der Waals surface area contributed by atoms with E-state index in [-0.39, 0.29) is 17.9 Å². The first-order valence-corrected chi connectivity index (χ1v) is 11.5. The molecule has 0 heterocycles. The monoisotopic (exact) mass is 488 g/mol. The molecule has 4 rings (SSSR count). The van der Waals surface area contributed by atoms with Gasteiger partial charge >= 0.3 is 0 Å². The van der Waals surface area contributed by atoms with Crippen molar-refractivity contribution in [1.29, 1.82) is 0 Å². The predicted octanol–water partition coefficient (Wildman–Crippen LogP) is 3.72. The maximum Gasteiger partial charge on any atom is 0.235 e. The maximum absolute atomic E-state index is 13.6. The summed E-state index contributed by atoms with van der Waals surface area (Å²) in [6.07, 6.45) is -0.377. The molecule has 4 atom stereocenters. The maximum atomic E-state index is 13.6. The molecule has 1 fully saturated rings. The number of methoxy groups -OCH3 is 1. The number of hydrogen-bond acceptors (Lipinski definition) is 6. The molecule has 2 amide bonds. The first kappa shape index (κ1) is 24.9. The van der Waals surface area contributed by atoms with Gasteiger partial charge in [-0.15, -0.1) is 0 Å². The Morgan fingerprint density at radius 2 is 1.47 bits per heavy atom. The molecule has 3 aromatic carbocycles. The van der Waals surface area contributed by atoms with E-state index in [0.717, 1.165) is 0 Å². The Balaban J connectivity index is 1.81. The Morgan fingerprint density at radius 1 is 0.917 bits per heavy atom. The number of phenolic OH excluding ortho intramolecular Hbond substituents is 1. The van der Waals surface area contributed by atoms with Gasteiger partial charge in [-0.05, 0) is 48.9 Å². The van der Waals surface area contributed by atoms with Gasteiger partial charge in [-0.3, -0.25) is 14.4 Å². The van der Waals surface area contributed by atoms with Crippen LogP contribution < -0.4 is 15.4 Å². The summed E-state index contributed by atoms with van der Waals surface area (Å²) >= 11 is 0. The number of carbonyl (C=O) groups excluding carboxylic acids is 3. The van der Waals surface area contributed by atoms with Crippen LogP contribution in [0.5, 0.6) is 11.5 Å². The fraction of sp³-hybridized carbons (Fsp3) is 0.250. The van der Waals surface area contributed by atoms with Gasteiger partial charge in [0.2, 0.25) is 11.8 Å². The third-order valence-corrected chi connectivity index (χ3v) is 6.50. The topological polar surface area (TPSA) is 125 Å². The van der Waals surface area contributed by atoms with Crippen molar-refractivity contribution in [3.8, 4) is 11.5 Å². The summed E-state index contributed by atoms with van der Waals surface area (Å²) in [4.78, 5) is 40.5. The number of anilines is 2. The van der Waals surface area contributed by atoms with E-state index in [1.54, 1.807) is 60.7 Å². The lowest BCUT2D eigenvalue weighted by atomic mass is 9.61. The van der Waals surface area contributed by atoms with E-state index in [4.69, 9.17) is 4.74 Å². The number of carbonyl (C=O) groups is 3. The lowest BCUT2D eigenvalue weighted by Gasteiger charge is -2.44. The zero-order valence-corrected chi connectivity index (χ0v) is 20.0. The van der Waals surface area contributed by atoms with Gasteiger partial charge in [-0.25, -0.2) is 0 Å². The molecule has 186 valence electrons. The summed E-state index contributed by atoms with van der Waals surface area (Å²) in [5.74, 6) is -5.11. The minimum absolute atomic E-state index is 0.120. The minimum Gasteiger partial charge on any atom is -0.504 e. The van der Waals surface area contributed by atoms with Crippen LogP contribution >= 0.6 is 0 Å². The second-order valence-electron chi connectivity index (χ2n) is 9.12. The van der Waals surface area contributed by atoms with Crippen molar-refractivity contribution in [2.45, 2.75) is 24.9 Å². The predicted molar refractivity (Wildman–Crippen MR) is 135 cm³/mol. The summed E-state index contributed by atoms with van der Waals surface area (Å²) in [6, 6.07) is 21.8. The highest BCUT2D eigenvalue weighted by molar-refractivity contribution is 6.10. The molecule has 8 heteroatoms. The number of ether oxygens (including phenoxy) is 1. The normalized spacial score (nSPS) is 23.5. The number of hydrogen-bond donors (Lipinski definition) is 4. The van der Waals surface area contributed by atoms with Gasteiger partial charge in [0, 0.05) is 23.7 Å². The molecule has 0 aromatic heterocycles. The molecule has 36 heavy (non-hydrogen) atoms. The number of phenols is 1. The molecule has 0 spiro atoms. The molecule has 8 nitrogen and oxygen atoms in total. The van der Waals surface area contributed by atoms with Gasteiger partial charge in [0.05, 0.1) is 18.6 Å². The van der Waals surface area contributed by atoms with E-state index >= 15 is 0 Å². The number of rotatable bonds is 6. The lowest BCUT2D eigenvalue weighted by Crippen LogP contribution is -2.56. The third-order valence-electron chi connectivity index (χ3n) is 6.50. The summed E-state index contributed by atoms with van der Waals surface area (Å²) < 4.78 is 5.24. The van der Waals surface area contributed by atoms with Crippen molar-refractivity contribution in [3.05, 3.63) is 84.4 Å². The first-order chi connectivity index (χ1) is 17.2. The standard InChI is InChI=1S/C28H28N2O6/c1-28(35)16-21(32)24(26(33)29-18-9-5-3-6-10-18)23(17-13-14-20(31)22(15-17)36-2)25(28)27(34)30-19-11-7-4-8-12-19/h3-15,23-25,31,35H,16H2,1-2H3,(H,29,33)(H,30,34)/t23-,24+,25+,28-/m0/s1. The van der Waals surface area contributed by atoms with Crippen molar-refractivity contribution >= 4 is 29.0 Å². The van der Waals surface area contributed by atoms with E-state index in [1.807, 2.05) is 0 Å². The number of para-hydroxylation sites is 2. The first-order valence-electron chi connectivity index (χ1n) is 11.5. The SMILES string of the molecule is COc1cc([C@H]2[C@H](C(=O)Nc3ccccc3)C(=O)C[C@](C)(O)[C@H]2C(=O)Nc2ccccc2)ccc1O. The Hall–Kier alpha value is -4.17. The van der Waals surface area contributed by atoms with Crippen LogP contribution in [-0.2, 0) is 14.4 Å². The number of Topliss-reactive ketones (excluding diaryl/α,β-unsaturated/α-hetero) is 1. The summed E-state index contributed by atoms with van der Waals surface area (Å²) in [6.45, 7) is 1.43. The molecule has 0 unspecified atom stereocenters. The minimum atomic E-state index is -1.74. The van der Waals surface area contributed by atoms with Crippen molar-refractivity contribution in [2.75, 3.05) is 17.7 Å². The van der Waals surface area contributed by atoms with Crippen LogP contribution in [0, 0.1) is 11.8 Å². The van der Waals surface area contributed by atoms with Crippen LogP contribution in [0.15, 0.2) is 78.9 Å². The van der Waals surface area contributed by atoms with Gasteiger partial charge in [0.25, 0.3) is 0 Å². The van der Waals surface area contributed by atoms with E-state index in [2.05, 4.69) is 10.6 Å². The van der Waals surface area contributed by atoms with Crippen LogP contribution in [-0.4, -0.2) is 40.5 Å². The molecule has 0 radical (unpaired) electrons. The summed E-state index contributed by atoms with van der Waals surface area (Å²) in [7, 11) is 1.38. The molecule has 3 aromatic rings. The molecule has 0 aliphatic heterocycles. The van der Waals surface area contributed by atoms with Crippen molar-refractivity contribution in [3.63, 3.8) is 0 Å². The highest BCUT2D eigenvalue weighted by Gasteiger charge is 2.56. The van der Waals surface area contributed by atoms with Gasteiger partial charge in [-0.1, -0.05) is 42.5 Å². The molecule has 1 aliphatic rings. The van der Waals surface area contributed by atoms with Crippen LogP contribution in [0.4, 0.5) is 11.4 Å². The zero-order chi connectivity index (χ0) is 25.9. The van der Waals surface area contributed by atoms with E-state index < -0.39 is 41.0 Å². The smallest absolute Gasteiger partial charge is 0.235 e. The van der Waals surface area contributed by atoms with Crippen molar-refractivity contribution in [1.82, 2.24) is 0 Å². The average molecular weight is 489 g/mol. The summed E-state index contributed by atoms with van der Waals surface area (Å²) in [5.41, 5.74) is -0.322. The average Bonchev–Trinajstić information content (AvgIpc) is 2.84. The largest absolute Gasteiger partial charge is 0.504 e. The lowest BCUT2D eigenvalue weighted by molar-refractivity contribution is -0.150. The van der Waals surface area contributed by atoms with Gasteiger partial charge < -0.3 is 25.6 Å². The number of aliphatic hydroxyl groups is 1. The molecular weight excluding hydrogens is 460 g/mol. The van der Waals surface area contributed by atoms with Gasteiger partial charge in [0.15, 0.2) is 11.5 Å². The zero-order valence-electron chi connectivity index (χ0n) is 20.0. The molecular formula is C28H28N2O6. The Bertz CT molecular complexity index is 1260. The van der Waals surface area contributed by atoms with Crippen LogP contribution in [0.2, 0.25) is 0 Å². The molecule has 1 aliphatic carbocycles. The number of ketones is 1. The molecule has 0 bridgehead atoms. The highest BCUT2D eigenvalue weighted by Crippen LogP contribution is 2.47. The number of amides is 2. The van der Waals surface area contributed by atoms with E-state index in [9.17, 15) is 24.6 Å². The number of benzene rings is 3. The molecule has 0 saturated heterocycles. The van der Waals surface area contributed by atoms with Gasteiger partial charge in [-0.2, -0.15) is 0 Å². The second kappa shape index (κ2) is 10.2. The molecule has 1 saturated carbocycles. The van der Waals surface area contributed by atoms with Crippen LogP contribution in [0.3, 0.4) is 0 Å². The van der Waals surface area contributed by atoms with Crippen molar-refractivity contribution < 1.29 is 29.3 Å². The fourth-order valence-corrected chi connectivity index (χ4v) is 4.88. The quantitative estimate of drug-likeness (QED) is 0.392. The Morgan fingerprint density at radius 3 is 2.03 bits per heavy atom. The second-order valence-corrected chi connectivity index (χ2v) is 9.12. The van der Waals surface area contributed by atoms with E-state index in [1.165, 1.54) is 32.2 Å². The third kappa shape index (κ3) is 5.08. The van der Waals surface area contributed by atoms with Crippen LogP contribution in [0.1, 0.15) is 24.8 Å². The molecule has 4 N–H and O–H groups in total. The van der Waals surface area contributed by atoms with E-state index in [0.29, 0.717) is 16.9 Å². The Kier molecular flexibility index (Phi) is 7.07. The summed E-state index contributed by atoms with van der Waals surface area (Å²) in [5, 5.41) is 27.1. The Labute approximate surface area is 208 Å². The highest BCUT2D eigenvalue weighted by atomic mass is 16.5. The number of aromatic hydroxyl groups is 1. The fourth-order valence-electron chi connectivity index (χ4n) is 4.88. The van der Waals surface area contributed by atoms with Crippen molar-refractivity contribution in [2.24, 2.45) is 11.8 Å². The van der Waals surface area contributed by atoms with Gasteiger partial charge in [0.1, 0.15) is 11.7 Å².